The highest BCUT2D eigenvalue weighted by atomic mass is 32.2. The third-order valence-electron chi connectivity index (χ3n) is 5.04. The van der Waals surface area contributed by atoms with Gasteiger partial charge in [-0.3, -0.25) is 0 Å². The van der Waals surface area contributed by atoms with Crippen LogP contribution in [0.2, 0.25) is 0 Å². The van der Waals surface area contributed by atoms with E-state index in [9.17, 15) is 16.8 Å². The SMILES string of the molecule is CCc1ccc(S(=O)(=O)NCCC2CCCCN2S(=O)(=O)c2cccs2)cc1. The molecule has 1 atom stereocenters. The van der Waals surface area contributed by atoms with Crippen LogP contribution in [0.5, 0.6) is 0 Å². The lowest BCUT2D eigenvalue weighted by molar-refractivity contribution is 0.242. The van der Waals surface area contributed by atoms with Crippen molar-refractivity contribution in [3.8, 4) is 0 Å². The molecule has 6 nitrogen and oxygen atoms in total. The van der Waals surface area contributed by atoms with Crippen LogP contribution in [0.4, 0.5) is 0 Å². The molecular weight excluding hydrogens is 416 g/mol. The summed E-state index contributed by atoms with van der Waals surface area (Å²) >= 11 is 1.21. The molecule has 1 aromatic carbocycles. The first-order valence-corrected chi connectivity index (χ1v) is 13.3. The topological polar surface area (TPSA) is 83.6 Å². The fourth-order valence-electron chi connectivity index (χ4n) is 3.45. The molecule has 1 unspecified atom stereocenters. The molecule has 154 valence electrons. The first-order chi connectivity index (χ1) is 13.3. The van der Waals surface area contributed by atoms with Gasteiger partial charge in [0, 0.05) is 19.1 Å². The zero-order valence-corrected chi connectivity index (χ0v) is 18.3. The Morgan fingerprint density at radius 2 is 1.86 bits per heavy atom. The van der Waals surface area contributed by atoms with E-state index in [2.05, 4.69) is 4.72 Å². The Bertz CT molecular complexity index is 969. The lowest BCUT2D eigenvalue weighted by atomic mass is 10.0. The monoisotopic (exact) mass is 442 g/mol. The lowest BCUT2D eigenvalue weighted by Gasteiger charge is -2.34. The molecule has 2 heterocycles. The van der Waals surface area contributed by atoms with E-state index >= 15 is 0 Å². The van der Waals surface area contributed by atoms with Gasteiger partial charge in [0.25, 0.3) is 10.0 Å². The third kappa shape index (κ3) is 4.83. The average Bonchev–Trinajstić information content (AvgIpc) is 3.24. The number of nitrogens with one attached hydrogen (secondary N) is 1. The summed E-state index contributed by atoms with van der Waals surface area (Å²) in [6.07, 6.45) is 3.83. The summed E-state index contributed by atoms with van der Waals surface area (Å²) in [4.78, 5) is 0.233. The van der Waals surface area contributed by atoms with Crippen LogP contribution in [0, 0.1) is 0 Å². The number of rotatable bonds is 8. The molecule has 0 amide bonds. The van der Waals surface area contributed by atoms with Gasteiger partial charge in [0.1, 0.15) is 4.21 Å². The fraction of sp³-hybridized carbons (Fsp3) is 0.474. The number of thiophene rings is 1. The molecule has 0 bridgehead atoms. The summed E-state index contributed by atoms with van der Waals surface area (Å²) in [6.45, 7) is 2.71. The molecule has 1 fully saturated rings. The van der Waals surface area contributed by atoms with Gasteiger partial charge in [-0.2, -0.15) is 4.31 Å². The summed E-state index contributed by atoms with van der Waals surface area (Å²) < 4.78 is 55.3. The van der Waals surface area contributed by atoms with Crippen molar-refractivity contribution in [2.75, 3.05) is 13.1 Å². The van der Waals surface area contributed by atoms with Gasteiger partial charge >= 0.3 is 0 Å². The van der Waals surface area contributed by atoms with Crippen molar-refractivity contribution in [1.29, 1.82) is 0 Å². The minimum Gasteiger partial charge on any atom is -0.211 e. The van der Waals surface area contributed by atoms with Gasteiger partial charge in [0.2, 0.25) is 10.0 Å². The Kier molecular flexibility index (Phi) is 6.93. The quantitative estimate of drug-likeness (QED) is 0.680. The van der Waals surface area contributed by atoms with E-state index in [1.165, 1.54) is 11.3 Å². The van der Waals surface area contributed by atoms with Gasteiger partial charge in [-0.25, -0.2) is 21.6 Å². The molecule has 0 aliphatic carbocycles. The van der Waals surface area contributed by atoms with E-state index in [0.717, 1.165) is 31.2 Å². The summed E-state index contributed by atoms with van der Waals surface area (Å²) in [5.74, 6) is 0. The van der Waals surface area contributed by atoms with Gasteiger partial charge in [0.15, 0.2) is 0 Å². The Balaban J connectivity index is 1.65. The zero-order valence-electron chi connectivity index (χ0n) is 15.9. The summed E-state index contributed by atoms with van der Waals surface area (Å²) in [5.41, 5.74) is 1.08. The van der Waals surface area contributed by atoms with Crippen LogP contribution in [0.25, 0.3) is 0 Å². The van der Waals surface area contributed by atoms with Gasteiger partial charge in [-0.1, -0.05) is 31.5 Å². The first-order valence-electron chi connectivity index (χ1n) is 9.48. The van der Waals surface area contributed by atoms with Crippen molar-refractivity contribution in [2.45, 2.75) is 54.2 Å². The lowest BCUT2D eigenvalue weighted by Crippen LogP contribution is -2.44. The van der Waals surface area contributed by atoms with Crippen LogP contribution in [-0.4, -0.2) is 40.3 Å². The molecule has 1 aliphatic rings. The van der Waals surface area contributed by atoms with Crippen molar-refractivity contribution in [2.24, 2.45) is 0 Å². The maximum atomic E-state index is 12.9. The van der Waals surface area contributed by atoms with Gasteiger partial charge in [-0.15, -0.1) is 11.3 Å². The zero-order chi connectivity index (χ0) is 20.2. The van der Waals surface area contributed by atoms with E-state index in [4.69, 9.17) is 0 Å². The Morgan fingerprint density at radius 3 is 2.50 bits per heavy atom. The molecule has 1 aromatic heterocycles. The molecule has 1 N–H and O–H groups in total. The normalized spacial score (nSPS) is 19.0. The highest BCUT2D eigenvalue weighted by molar-refractivity contribution is 7.91. The van der Waals surface area contributed by atoms with E-state index in [0.29, 0.717) is 17.2 Å². The number of benzene rings is 1. The average molecular weight is 443 g/mol. The van der Waals surface area contributed by atoms with Gasteiger partial charge in [0.05, 0.1) is 4.90 Å². The molecule has 1 saturated heterocycles. The molecule has 28 heavy (non-hydrogen) atoms. The highest BCUT2D eigenvalue weighted by Crippen LogP contribution is 2.29. The van der Waals surface area contributed by atoms with Crippen molar-refractivity contribution in [1.82, 2.24) is 9.03 Å². The first kappa shape index (κ1) is 21.4. The standard InChI is InChI=1S/C19H26N2O4S3/c1-2-16-8-10-18(11-9-16)27(22,23)20-13-12-17-6-3-4-14-21(17)28(24,25)19-7-5-15-26-19/h5,7-11,15,17,20H,2-4,6,12-14H2,1H3. The van der Waals surface area contributed by atoms with Crippen LogP contribution in [0.15, 0.2) is 50.9 Å². The molecular formula is C19H26N2O4S3. The van der Waals surface area contributed by atoms with Crippen LogP contribution in [0.1, 0.15) is 38.2 Å². The summed E-state index contributed by atoms with van der Waals surface area (Å²) in [6, 6.07) is 10.00. The van der Waals surface area contributed by atoms with Crippen LogP contribution in [-0.2, 0) is 26.5 Å². The Labute approximate surface area is 171 Å². The van der Waals surface area contributed by atoms with Gasteiger partial charge < -0.3 is 0 Å². The largest absolute Gasteiger partial charge is 0.252 e. The second kappa shape index (κ2) is 9.04. The number of hydrogen-bond acceptors (Lipinski definition) is 5. The summed E-state index contributed by atoms with van der Waals surface area (Å²) in [5, 5.41) is 1.75. The fourth-order valence-corrected chi connectivity index (χ4v) is 7.34. The molecule has 0 spiro atoms. The van der Waals surface area contributed by atoms with Crippen molar-refractivity contribution in [3.63, 3.8) is 0 Å². The number of aryl methyl sites for hydroxylation is 1. The van der Waals surface area contributed by atoms with Crippen LogP contribution < -0.4 is 4.72 Å². The third-order valence-corrected chi connectivity index (χ3v) is 9.84. The number of piperidine rings is 1. The predicted octanol–water partition coefficient (Wildman–Crippen LogP) is 3.22. The molecule has 3 rings (SSSR count). The highest BCUT2D eigenvalue weighted by Gasteiger charge is 2.34. The minimum atomic E-state index is -3.60. The maximum Gasteiger partial charge on any atom is 0.252 e. The minimum absolute atomic E-state index is 0.189. The molecule has 9 heteroatoms. The number of hydrogen-bond donors (Lipinski definition) is 1. The molecule has 0 radical (unpaired) electrons. The predicted molar refractivity (Wildman–Crippen MR) is 111 cm³/mol. The van der Waals surface area contributed by atoms with E-state index in [-0.39, 0.29) is 17.5 Å². The molecule has 0 saturated carbocycles. The van der Waals surface area contributed by atoms with Crippen molar-refractivity contribution < 1.29 is 16.8 Å². The maximum absolute atomic E-state index is 12.9. The Hall–Kier alpha value is -1.26. The van der Waals surface area contributed by atoms with Crippen molar-refractivity contribution in [3.05, 3.63) is 47.3 Å². The van der Waals surface area contributed by atoms with Crippen LogP contribution in [0.3, 0.4) is 0 Å². The summed E-state index contributed by atoms with van der Waals surface area (Å²) in [7, 11) is -7.12. The van der Waals surface area contributed by atoms with Gasteiger partial charge in [-0.05, 0) is 54.8 Å². The van der Waals surface area contributed by atoms with E-state index in [1.807, 2.05) is 19.1 Å². The van der Waals surface area contributed by atoms with Crippen LogP contribution >= 0.6 is 11.3 Å². The number of nitrogens with zero attached hydrogens (tertiary/aromatic N) is 1. The molecule has 1 aliphatic heterocycles. The number of sulfonamides is 2. The second-order valence-corrected chi connectivity index (χ2v) is 11.7. The molecule has 2 aromatic rings. The van der Waals surface area contributed by atoms with Crippen molar-refractivity contribution >= 4 is 31.4 Å². The van der Waals surface area contributed by atoms with E-state index in [1.54, 1.807) is 34.0 Å². The Morgan fingerprint density at radius 1 is 1.11 bits per heavy atom. The second-order valence-electron chi connectivity index (χ2n) is 6.88. The smallest absolute Gasteiger partial charge is 0.211 e. The van der Waals surface area contributed by atoms with E-state index < -0.39 is 20.0 Å².